The fourth-order valence-corrected chi connectivity index (χ4v) is 2.84. The van der Waals surface area contributed by atoms with Gasteiger partial charge in [0.1, 0.15) is 30.1 Å². The van der Waals surface area contributed by atoms with Crippen molar-refractivity contribution in [3.63, 3.8) is 0 Å². The molecule has 0 unspecified atom stereocenters. The first kappa shape index (κ1) is 16.3. The largest absolute Gasteiger partial charge is 0.492 e. The molecule has 1 aliphatic heterocycles. The lowest BCUT2D eigenvalue weighted by Crippen LogP contribution is -2.31. The van der Waals surface area contributed by atoms with Crippen LogP contribution in [0, 0.1) is 29.6 Å². The maximum atomic E-state index is 12.7. The molecule has 5 nitrogen and oxygen atoms in total. The highest BCUT2D eigenvalue weighted by molar-refractivity contribution is 6.34. The van der Waals surface area contributed by atoms with E-state index >= 15 is 0 Å². The number of benzene rings is 2. The Morgan fingerprint density at radius 1 is 1.12 bits per heavy atom. The third kappa shape index (κ3) is 3.08. The standard InChI is InChI=1S/C20H15N3O2/c1-14-5-4-6-16(11-14)25-10-9-23-18-8-3-2-7-17(18)19(20(23)24)15(12-21)13-22/h2-8,11H,9-10H2,1H3. The van der Waals surface area contributed by atoms with Crippen molar-refractivity contribution in [2.75, 3.05) is 18.1 Å². The Morgan fingerprint density at radius 3 is 2.60 bits per heavy atom. The molecule has 0 saturated carbocycles. The fraction of sp³-hybridized carbons (Fsp3) is 0.150. The highest BCUT2D eigenvalue weighted by Crippen LogP contribution is 2.37. The molecule has 1 heterocycles. The molecule has 0 aliphatic carbocycles. The number of anilines is 1. The van der Waals surface area contributed by atoms with Crippen molar-refractivity contribution in [1.82, 2.24) is 0 Å². The Kier molecular flexibility index (Phi) is 4.50. The highest BCUT2D eigenvalue weighted by atomic mass is 16.5. The van der Waals surface area contributed by atoms with Crippen molar-refractivity contribution in [2.24, 2.45) is 0 Å². The van der Waals surface area contributed by atoms with Gasteiger partial charge in [-0.05, 0) is 30.7 Å². The second-order valence-corrected chi connectivity index (χ2v) is 5.61. The summed E-state index contributed by atoms with van der Waals surface area (Å²) in [5.41, 5.74) is 2.40. The molecule has 0 atom stereocenters. The number of hydrogen-bond acceptors (Lipinski definition) is 4. The van der Waals surface area contributed by atoms with Crippen LogP contribution in [0.2, 0.25) is 0 Å². The van der Waals surface area contributed by atoms with Crippen LogP contribution < -0.4 is 9.64 Å². The average molecular weight is 329 g/mol. The lowest BCUT2D eigenvalue weighted by molar-refractivity contribution is -0.113. The van der Waals surface area contributed by atoms with Crippen molar-refractivity contribution < 1.29 is 9.53 Å². The number of carbonyl (C=O) groups excluding carboxylic acids is 1. The van der Waals surface area contributed by atoms with Gasteiger partial charge >= 0.3 is 0 Å². The van der Waals surface area contributed by atoms with Gasteiger partial charge in [-0.25, -0.2) is 0 Å². The maximum Gasteiger partial charge on any atom is 0.261 e. The molecule has 122 valence electrons. The quantitative estimate of drug-likeness (QED) is 0.637. The Balaban J connectivity index is 1.83. The van der Waals surface area contributed by atoms with Crippen molar-refractivity contribution in [2.45, 2.75) is 6.92 Å². The van der Waals surface area contributed by atoms with E-state index in [1.165, 1.54) is 0 Å². The van der Waals surface area contributed by atoms with E-state index in [0.29, 0.717) is 24.4 Å². The molecule has 1 amide bonds. The summed E-state index contributed by atoms with van der Waals surface area (Å²) in [6, 6.07) is 18.5. The van der Waals surface area contributed by atoms with Gasteiger partial charge in [-0.15, -0.1) is 0 Å². The normalized spacial score (nSPS) is 12.4. The van der Waals surface area contributed by atoms with Gasteiger partial charge < -0.3 is 9.64 Å². The van der Waals surface area contributed by atoms with E-state index in [9.17, 15) is 4.79 Å². The predicted molar refractivity (Wildman–Crippen MR) is 93.6 cm³/mol. The van der Waals surface area contributed by atoms with Gasteiger partial charge in [0, 0.05) is 5.56 Å². The smallest absolute Gasteiger partial charge is 0.261 e. The molecular weight excluding hydrogens is 314 g/mol. The van der Waals surface area contributed by atoms with Crippen molar-refractivity contribution in [3.05, 3.63) is 65.2 Å². The van der Waals surface area contributed by atoms with E-state index in [0.717, 1.165) is 11.3 Å². The molecular formula is C20H15N3O2. The topological polar surface area (TPSA) is 77.1 Å². The monoisotopic (exact) mass is 329 g/mol. The Bertz CT molecular complexity index is 932. The number of fused-ring (bicyclic) bond motifs is 1. The zero-order valence-corrected chi connectivity index (χ0v) is 13.7. The summed E-state index contributed by atoms with van der Waals surface area (Å²) in [6.07, 6.45) is 0. The number of amides is 1. The zero-order valence-electron chi connectivity index (χ0n) is 13.7. The van der Waals surface area contributed by atoms with Crippen LogP contribution in [0.1, 0.15) is 11.1 Å². The van der Waals surface area contributed by atoms with Crippen LogP contribution in [-0.2, 0) is 4.79 Å². The Hall–Kier alpha value is -3.57. The molecule has 2 aromatic carbocycles. The number of nitriles is 2. The van der Waals surface area contributed by atoms with Gasteiger partial charge in [0.2, 0.25) is 0 Å². The SMILES string of the molecule is Cc1cccc(OCCN2C(=O)C(=C(C#N)C#N)c3ccccc32)c1. The summed E-state index contributed by atoms with van der Waals surface area (Å²) in [4.78, 5) is 14.3. The van der Waals surface area contributed by atoms with Crippen LogP contribution in [-0.4, -0.2) is 19.1 Å². The second-order valence-electron chi connectivity index (χ2n) is 5.61. The van der Waals surface area contributed by atoms with Crippen molar-refractivity contribution in [1.29, 1.82) is 10.5 Å². The second kappa shape index (κ2) is 6.90. The van der Waals surface area contributed by atoms with Crippen LogP contribution in [0.4, 0.5) is 5.69 Å². The minimum atomic E-state index is -0.341. The summed E-state index contributed by atoms with van der Waals surface area (Å²) in [5.74, 6) is 0.401. The maximum absolute atomic E-state index is 12.7. The lowest BCUT2D eigenvalue weighted by atomic mass is 10.0. The zero-order chi connectivity index (χ0) is 17.8. The summed E-state index contributed by atoms with van der Waals surface area (Å²) < 4.78 is 5.72. The number of nitrogens with zero attached hydrogens (tertiary/aromatic N) is 3. The molecule has 5 heteroatoms. The van der Waals surface area contributed by atoms with Crippen LogP contribution in [0.3, 0.4) is 0 Å². The third-order valence-corrected chi connectivity index (χ3v) is 3.97. The molecule has 0 radical (unpaired) electrons. The van der Waals surface area contributed by atoms with Gasteiger partial charge in [0.15, 0.2) is 0 Å². The van der Waals surface area contributed by atoms with Gasteiger partial charge in [0.05, 0.1) is 17.8 Å². The van der Waals surface area contributed by atoms with Crippen molar-refractivity contribution in [3.8, 4) is 17.9 Å². The van der Waals surface area contributed by atoms with Crippen LogP contribution >= 0.6 is 0 Å². The average Bonchev–Trinajstić information content (AvgIpc) is 2.89. The Morgan fingerprint density at radius 2 is 1.88 bits per heavy atom. The molecule has 1 aliphatic rings. The molecule has 0 fully saturated rings. The van der Waals surface area contributed by atoms with Crippen LogP contribution in [0.25, 0.3) is 5.57 Å². The number of hydrogen-bond donors (Lipinski definition) is 0. The number of rotatable bonds is 4. The number of aryl methyl sites for hydroxylation is 1. The summed E-state index contributed by atoms with van der Waals surface area (Å²) >= 11 is 0. The molecule has 0 N–H and O–H groups in total. The van der Waals surface area contributed by atoms with E-state index in [4.69, 9.17) is 15.3 Å². The molecule has 0 spiro atoms. The first-order valence-corrected chi connectivity index (χ1v) is 7.81. The number of carbonyl (C=O) groups is 1. The number of ether oxygens (including phenoxy) is 1. The third-order valence-electron chi connectivity index (χ3n) is 3.97. The van der Waals surface area contributed by atoms with E-state index in [1.807, 2.05) is 49.4 Å². The molecule has 0 bridgehead atoms. The van der Waals surface area contributed by atoms with Gasteiger partial charge in [-0.2, -0.15) is 10.5 Å². The van der Waals surface area contributed by atoms with E-state index in [2.05, 4.69) is 0 Å². The molecule has 25 heavy (non-hydrogen) atoms. The summed E-state index contributed by atoms with van der Waals surface area (Å²) in [6.45, 7) is 2.62. The Labute approximate surface area is 146 Å². The molecule has 2 aromatic rings. The lowest BCUT2D eigenvalue weighted by Gasteiger charge is -2.17. The highest BCUT2D eigenvalue weighted by Gasteiger charge is 2.34. The van der Waals surface area contributed by atoms with Crippen LogP contribution in [0.5, 0.6) is 5.75 Å². The molecule has 0 aromatic heterocycles. The number of allylic oxidation sites excluding steroid dienone is 1. The molecule has 0 saturated heterocycles. The van der Waals surface area contributed by atoms with E-state index in [-0.39, 0.29) is 17.1 Å². The van der Waals surface area contributed by atoms with Crippen LogP contribution in [0.15, 0.2) is 54.1 Å². The fourth-order valence-electron chi connectivity index (χ4n) is 2.84. The van der Waals surface area contributed by atoms with Gasteiger partial charge in [0.25, 0.3) is 5.91 Å². The summed E-state index contributed by atoms with van der Waals surface area (Å²) in [7, 11) is 0. The number of para-hydroxylation sites is 1. The van der Waals surface area contributed by atoms with E-state index < -0.39 is 0 Å². The molecule has 3 rings (SSSR count). The minimum Gasteiger partial charge on any atom is -0.492 e. The van der Waals surface area contributed by atoms with E-state index in [1.54, 1.807) is 23.1 Å². The predicted octanol–water partition coefficient (Wildman–Crippen LogP) is 3.22. The van der Waals surface area contributed by atoms with Gasteiger partial charge in [-0.1, -0.05) is 30.3 Å². The van der Waals surface area contributed by atoms with Gasteiger partial charge in [-0.3, -0.25) is 4.79 Å². The first-order valence-electron chi connectivity index (χ1n) is 7.81. The summed E-state index contributed by atoms with van der Waals surface area (Å²) in [5, 5.41) is 18.3. The van der Waals surface area contributed by atoms with Crippen molar-refractivity contribution >= 4 is 17.2 Å². The first-order chi connectivity index (χ1) is 12.2. The minimum absolute atomic E-state index is 0.163.